The summed E-state index contributed by atoms with van der Waals surface area (Å²) < 4.78 is 14.6. The molecule has 8 nitrogen and oxygen atoms in total. The molecule has 0 saturated carbocycles. The number of primary amides is 1. The van der Waals surface area contributed by atoms with Crippen molar-refractivity contribution in [2.45, 2.75) is 12.5 Å². The van der Waals surface area contributed by atoms with Crippen molar-refractivity contribution in [3.8, 4) is 17.1 Å². The maximum absolute atomic E-state index is 13.3. The molecule has 1 atom stereocenters. The van der Waals surface area contributed by atoms with Gasteiger partial charge in [-0.15, -0.1) is 0 Å². The van der Waals surface area contributed by atoms with Crippen LogP contribution in [0.3, 0.4) is 0 Å². The molecule has 0 aliphatic carbocycles. The fourth-order valence-corrected chi connectivity index (χ4v) is 4.02. The van der Waals surface area contributed by atoms with Crippen LogP contribution in [-0.2, 0) is 16.0 Å². The lowest BCUT2D eigenvalue weighted by Crippen LogP contribution is -2.47. The lowest BCUT2D eigenvalue weighted by Gasteiger charge is -2.17. The van der Waals surface area contributed by atoms with Gasteiger partial charge in [0.2, 0.25) is 5.78 Å². The number of nitrogens with one attached hydrogen (secondary N) is 1. The number of carbonyl (C=O) groups excluding carboxylic acids is 3. The van der Waals surface area contributed by atoms with Crippen LogP contribution in [0.5, 0.6) is 0 Å². The Morgan fingerprint density at radius 2 is 1.81 bits per heavy atom. The summed E-state index contributed by atoms with van der Waals surface area (Å²) >= 11 is 12.3. The van der Waals surface area contributed by atoms with E-state index < -0.39 is 29.5 Å². The van der Waals surface area contributed by atoms with Gasteiger partial charge >= 0.3 is 0 Å². The minimum absolute atomic E-state index is 0.0651. The van der Waals surface area contributed by atoms with E-state index in [0.717, 1.165) is 0 Å². The molecule has 0 saturated heterocycles. The topological polar surface area (TPSA) is 120 Å². The molecule has 0 aliphatic rings. The molecule has 1 unspecified atom stereocenters. The van der Waals surface area contributed by atoms with E-state index in [1.807, 2.05) is 0 Å². The van der Waals surface area contributed by atoms with Gasteiger partial charge in [-0.05, 0) is 54.1 Å². The summed E-state index contributed by atoms with van der Waals surface area (Å²) in [5.74, 6) is -3.15. The Kier molecular flexibility index (Phi) is 7.42. The number of nitrogens with two attached hydrogens (primary N) is 1. The number of Topliss-reactive ketones (excluding diaryl/α,β-unsaturated/α-hetero) is 1. The van der Waals surface area contributed by atoms with E-state index in [1.165, 1.54) is 41.2 Å². The van der Waals surface area contributed by atoms with Gasteiger partial charge in [-0.3, -0.25) is 14.4 Å². The second-order valence-corrected chi connectivity index (χ2v) is 8.57. The van der Waals surface area contributed by atoms with Crippen LogP contribution in [0, 0.1) is 5.82 Å². The molecular weight excluding hydrogens is 508 g/mol. The summed E-state index contributed by atoms with van der Waals surface area (Å²) in [6.45, 7) is 0. The van der Waals surface area contributed by atoms with E-state index >= 15 is 0 Å². The number of nitrogens with zero attached hydrogens (tertiary/aromatic N) is 3. The summed E-state index contributed by atoms with van der Waals surface area (Å²) in [5, 5.41) is 7.90. The Hall–Kier alpha value is -4.08. The first-order valence-electron chi connectivity index (χ1n) is 10.6. The van der Waals surface area contributed by atoms with Crippen molar-refractivity contribution in [2.24, 2.45) is 5.73 Å². The number of halogens is 3. The van der Waals surface area contributed by atoms with Gasteiger partial charge in [0.25, 0.3) is 11.8 Å². The molecule has 2 heterocycles. The van der Waals surface area contributed by atoms with E-state index in [0.29, 0.717) is 26.9 Å². The van der Waals surface area contributed by atoms with Gasteiger partial charge in [0.05, 0.1) is 16.3 Å². The summed E-state index contributed by atoms with van der Waals surface area (Å²) in [6, 6.07) is 13.8. The largest absolute Gasteiger partial charge is 0.363 e. The molecule has 4 rings (SSSR count). The van der Waals surface area contributed by atoms with E-state index in [-0.39, 0.29) is 17.8 Å². The number of hydrogen-bond donors (Lipinski definition) is 2. The fourth-order valence-electron chi connectivity index (χ4n) is 3.51. The number of hydrogen-bond acceptors (Lipinski definition) is 5. The monoisotopic (exact) mass is 525 g/mol. The third-order valence-corrected chi connectivity index (χ3v) is 5.81. The second kappa shape index (κ2) is 10.7. The smallest absolute Gasteiger partial charge is 0.287 e. The molecule has 0 fully saturated rings. The second-order valence-electron chi connectivity index (χ2n) is 7.73. The van der Waals surface area contributed by atoms with Gasteiger partial charge in [0.1, 0.15) is 11.9 Å². The third kappa shape index (κ3) is 5.59. The Morgan fingerprint density at radius 1 is 1.06 bits per heavy atom. The number of ketones is 1. The maximum Gasteiger partial charge on any atom is 0.287 e. The lowest BCUT2D eigenvalue weighted by atomic mass is 10.0. The van der Waals surface area contributed by atoms with E-state index in [4.69, 9.17) is 28.9 Å². The van der Waals surface area contributed by atoms with Crippen molar-refractivity contribution in [3.63, 3.8) is 0 Å². The first-order valence-corrected chi connectivity index (χ1v) is 11.3. The van der Waals surface area contributed by atoms with Gasteiger partial charge < -0.3 is 11.1 Å². The minimum Gasteiger partial charge on any atom is -0.363 e. The number of pyridine rings is 1. The van der Waals surface area contributed by atoms with E-state index in [2.05, 4.69) is 15.4 Å². The van der Waals surface area contributed by atoms with Crippen molar-refractivity contribution in [2.75, 3.05) is 0 Å². The van der Waals surface area contributed by atoms with Crippen molar-refractivity contribution in [1.82, 2.24) is 20.1 Å². The Labute approximate surface area is 214 Å². The predicted molar refractivity (Wildman–Crippen MR) is 132 cm³/mol. The molecular formula is C25H18Cl2FN5O3. The van der Waals surface area contributed by atoms with E-state index in [1.54, 1.807) is 36.5 Å². The van der Waals surface area contributed by atoms with Gasteiger partial charge in [-0.1, -0.05) is 35.3 Å². The maximum atomic E-state index is 13.3. The molecule has 0 spiro atoms. The highest BCUT2D eigenvalue weighted by Gasteiger charge is 2.27. The highest BCUT2D eigenvalue weighted by molar-refractivity contribution is 6.38. The lowest BCUT2D eigenvalue weighted by molar-refractivity contribution is -0.137. The van der Waals surface area contributed by atoms with Gasteiger partial charge in [0, 0.05) is 29.4 Å². The van der Waals surface area contributed by atoms with Crippen LogP contribution in [0.25, 0.3) is 17.1 Å². The molecule has 0 bridgehead atoms. The quantitative estimate of drug-likeness (QED) is 0.339. The van der Waals surface area contributed by atoms with Gasteiger partial charge in [0.15, 0.2) is 5.82 Å². The first kappa shape index (κ1) is 25.0. The van der Waals surface area contributed by atoms with Crippen LogP contribution in [-0.4, -0.2) is 38.4 Å². The summed E-state index contributed by atoms with van der Waals surface area (Å²) in [4.78, 5) is 41.5. The zero-order valence-corrected chi connectivity index (χ0v) is 20.0. The third-order valence-electron chi connectivity index (χ3n) is 5.26. The van der Waals surface area contributed by atoms with Crippen molar-refractivity contribution in [3.05, 3.63) is 100 Å². The van der Waals surface area contributed by atoms with Crippen LogP contribution in [0.15, 0.2) is 73.1 Å². The van der Waals surface area contributed by atoms with Crippen LogP contribution in [0.2, 0.25) is 10.0 Å². The zero-order chi connectivity index (χ0) is 25.8. The number of aromatic nitrogens is 3. The number of amides is 2. The average molecular weight is 526 g/mol. The Morgan fingerprint density at radius 3 is 2.50 bits per heavy atom. The molecule has 182 valence electrons. The SMILES string of the molecule is NC(=O)C(=O)C(Cc1ccc(F)cc1)NC(=O)c1cccnc1-n1ccc(-c2ccc(Cl)cc2Cl)n1. The molecule has 11 heteroatoms. The van der Waals surface area contributed by atoms with Crippen LogP contribution in [0.4, 0.5) is 4.39 Å². The summed E-state index contributed by atoms with van der Waals surface area (Å²) in [6.07, 6.45) is 3.02. The summed E-state index contributed by atoms with van der Waals surface area (Å²) in [7, 11) is 0. The Balaban J connectivity index is 1.62. The molecule has 0 radical (unpaired) electrons. The van der Waals surface area contributed by atoms with Crippen LogP contribution < -0.4 is 11.1 Å². The normalized spacial score (nSPS) is 11.6. The molecule has 36 heavy (non-hydrogen) atoms. The highest BCUT2D eigenvalue weighted by atomic mass is 35.5. The Bertz CT molecular complexity index is 1460. The molecule has 2 amide bonds. The van der Waals surface area contributed by atoms with Crippen molar-refractivity contribution < 1.29 is 18.8 Å². The van der Waals surface area contributed by atoms with E-state index in [9.17, 15) is 18.8 Å². The van der Waals surface area contributed by atoms with Crippen molar-refractivity contribution in [1.29, 1.82) is 0 Å². The first-order chi connectivity index (χ1) is 17.2. The fraction of sp³-hybridized carbons (Fsp3) is 0.0800. The molecule has 2 aromatic heterocycles. The van der Waals surface area contributed by atoms with Crippen LogP contribution >= 0.6 is 23.2 Å². The highest BCUT2D eigenvalue weighted by Crippen LogP contribution is 2.29. The predicted octanol–water partition coefficient (Wildman–Crippen LogP) is 3.78. The molecule has 3 N–H and O–H groups in total. The van der Waals surface area contributed by atoms with Gasteiger partial charge in [-0.2, -0.15) is 5.10 Å². The number of benzene rings is 2. The van der Waals surface area contributed by atoms with Crippen molar-refractivity contribution >= 4 is 40.8 Å². The number of carbonyl (C=O) groups is 3. The molecule has 0 aliphatic heterocycles. The average Bonchev–Trinajstić information content (AvgIpc) is 3.34. The standard InChI is InChI=1S/C25H18Cl2FN5O3/c26-15-5-8-17(19(27)13-15)20-9-11-33(32-20)24-18(2-1-10-30-24)25(36)31-21(22(34)23(29)35)12-14-3-6-16(28)7-4-14/h1-11,13,21H,12H2,(H2,29,35)(H,31,36). The number of rotatable bonds is 8. The van der Waals surface area contributed by atoms with Gasteiger partial charge in [-0.25, -0.2) is 14.1 Å². The minimum atomic E-state index is -1.27. The molecule has 4 aromatic rings. The van der Waals surface area contributed by atoms with Crippen LogP contribution in [0.1, 0.15) is 15.9 Å². The zero-order valence-electron chi connectivity index (χ0n) is 18.5. The summed E-state index contributed by atoms with van der Waals surface area (Å²) in [5.41, 5.74) is 6.96. The molecule has 2 aromatic carbocycles.